The second kappa shape index (κ2) is 3.29. The van der Waals surface area contributed by atoms with Crippen molar-refractivity contribution in [1.29, 1.82) is 0 Å². The molecule has 8 heavy (non-hydrogen) atoms. The topological polar surface area (TPSA) is 0 Å². The summed E-state index contributed by atoms with van der Waals surface area (Å²) in [7, 11) is 0. The van der Waals surface area contributed by atoms with Gasteiger partial charge in [-0.05, 0) is 31.4 Å². The molecule has 0 atom stereocenters. The van der Waals surface area contributed by atoms with E-state index in [9.17, 15) is 0 Å². The van der Waals surface area contributed by atoms with E-state index in [4.69, 9.17) is 0 Å². The third-order valence-electron chi connectivity index (χ3n) is 1.13. The highest BCUT2D eigenvalue weighted by Crippen LogP contribution is 1.96. The Balaban J connectivity index is 2.51. The summed E-state index contributed by atoms with van der Waals surface area (Å²) in [6.45, 7) is 0. The maximum Gasteiger partial charge on any atom is -0.00930 e. The van der Waals surface area contributed by atoms with Gasteiger partial charge in [0, 0.05) is 0 Å². The SMILES string of the molecule is C1=CCC=CCCC=1. The molecule has 0 aromatic rings. The van der Waals surface area contributed by atoms with Crippen molar-refractivity contribution in [1.82, 2.24) is 0 Å². The van der Waals surface area contributed by atoms with Crippen LogP contribution in [0.3, 0.4) is 0 Å². The lowest BCUT2D eigenvalue weighted by Gasteiger charge is -1.86. The monoisotopic (exact) mass is 106 g/mol. The van der Waals surface area contributed by atoms with Crippen LogP contribution in [0.4, 0.5) is 0 Å². The van der Waals surface area contributed by atoms with Gasteiger partial charge >= 0.3 is 0 Å². The summed E-state index contributed by atoms with van der Waals surface area (Å²) < 4.78 is 0. The first kappa shape index (κ1) is 5.40. The van der Waals surface area contributed by atoms with E-state index in [-0.39, 0.29) is 0 Å². The van der Waals surface area contributed by atoms with Gasteiger partial charge in [0.1, 0.15) is 0 Å². The molecular weight excluding hydrogens is 96.1 g/mol. The summed E-state index contributed by atoms with van der Waals surface area (Å²) in [5.41, 5.74) is 3.09. The predicted molar refractivity (Wildman–Crippen MR) is 35.6 cm³/mol. The largest absolute Gasteiger partial charge is 0.129 e. The Bertz CT molecular complexity index is 134. The summed E-state index contributed by atoms with van der Waals surface area (Å²) in [4.78, 5) is 0. The van der Waals surface area contributed by atoms with Crippen LogP contribution in [0.5, 0.6) is 0 Å². The second-order valence-electron chi connectivity index (χ2n) is 1.86. The van der Waals surface area contributed by atoms with Crippen LogP contribution >= 0.6 is 0 Å². The third kappa shape index (κ3) is 1.81. The lowest BCUT2D eigenvalue weighted by Crippen LogP contribution is -1.66. The van der Waals surface area contributed by atoms with Gasteiger partial charge in [-0.1, -0.05) is 12.2 Å². The lowest BCUT2D eigenvalue weighted by molar-refractivity contribution is 1.04. The van der Waals surface area contributed by atoms with E-state index in [1.807, 2.05) is 0 Å². The van der Waals surface area contributed by atoms with E-state index in [0.717, 1.165) is 12.8 Å². The normalized spacial score (nSPS) is 18.0. The molecule has 0 N–H and O–H groups in total. The fourth-order valence-corrected chi connectivity index (χ4v) is 0.696. The summed E-state index contributed by atoms with van der Waals surface area (Å²) in [5.74, 6) is 0. The van der Waals surface area contributed by atoms with Crippen molar-refractivity contribution in [3.05, 3.63) is 30.0 Å². The molecule has 1 aliphatic rings. The maximum atomic E-state index is 3.09. The van der Waals surface area contributed by atoms with Crippen molar-refractivity contribution in [3.63, 3.8) is 0 Å². The van der Waals surface area contributed by atoms with E-state index in [1.165, 1.54) is 6.42 Å². The van der Waals surface area contributed by atoms with Gasteiger partial charge < -0.3 is 0 Å². The Hall–Kier alpha value is -0.740. The van der Waals surface area contributed by atoms with Crippen LogP contribution in [0.25, 0.3) is 0 Å². The number of hydrogen-bond donors (Lipinski definition) is 0. The molecule has 0 aliphatic heterocycles. The molecule has 0 bridgehead atoms. The molecule has 0 fully saturated rings. The van der Waals surface area contributed by atoms with Crippen LogP contribution in [0, 0.1) is 0 Å². The van der Waals surface area contributed by atoms with Gasteiger partial charge in [-0.15, -0.1) is 5.73 Å². The fraction of sp³-hybridized carbons (Fsp3) is 0.375. The van der Waals surface area contributed by atoms with Crippen molar-refractivity contribution in [2.45, 2.75) is 19.3 Å². The van der Waals surface area contributed by atoms with Gasteiger partial charge in [-0.2, -0.15) is 0 Å². The van der Waals surface area contributed by atoms with Crippen molar-refractivity contribution >= 4 is 0 Å². The Morgan fingerprint density at radius 2 is 2.00 bits per heavy atom. The zero-order valence-corrected chi connectivity index (χ0v) is 4.93. The zero-order chi connectivity index (χ0) is 5.66. The molecule has 0 saturated heterocycles. The first-order valence-electron chi connectivity index (χ1n) is 3.04. The molecule has 0 nitrogen and oxygen atoms in total. The molecule has 0 aromatic heterocycles. The quantitative estimate of drug-likeness (QED) is 0.328. The molecule has 0 radical (unpaired) electrons. The lowest BCUT2D eigenvalue weighted by atomic mass is 10.2. The Morgan fingerprint density at radius 3 is 3.00 bits per heavy atom. The minimum absolute atomic E-state index is 1.05. The number of hydrogen-bond acceptors (Lipinski definition) is 0. The molecule has 0 heterocycles. The Labute approximate surface area is 50.2 Å². The molecule has 42 valence electrons. The van der Waals surface area contributed by atoms with E-state index in [1.54, 1.807) is 0 Å². The van der Waals surface area contributed by atoms with Crippen LogP contribution in [0.1, 0.15) is 19.3 Å². The molecule has 1 aliphatic carbocycles. The first-order chi connectivity index (χ1) is 4.00. The Morgan fingerprint density at radius 1 is 1.00 bits per heavy atom. The van der Waals surface area contributed by atoms with Crippen molar-refractivity contribution in [2.24, 2.45) is 0 Å². The van der Waals surface area contributed by atoms with Gasteiger partial charge in [0.2, 0.25) is 0 Å². The second-order valence-corrected chi connectivity index (χ2v) is 1.86. The van der Waals surface area contributed by atoms with E-state index in [2.05, 4.69) is 30.0 Å². The minimum Gasteiger partial charge on any atom is -0.129 e. The van der Waals surface area contributed by atoms with E-state index in [0.29, 0.717) is 0 Å². The van der Waals surface area contributed by atoms with Crippen molar-refractivity contribution < 1.29 is 0 Å². The Kier molecular flexibility index (Phi) is 2.22. The van der Waals surface area contributed by atoms with E-state index >= 15 is 0 Å². The van der Waals surface area contributed by atoms with Crippen molar-refractivity contribution in [3.8, 4) is 0 Å². The summed E-state index contributed by atoms with van der Waals surface area (Å²) >= 11 is 0. The van der Waals surface area contributed by atoms with Gasteiger partial charge in [0.05, 0.1) is 0 Å². The highest BCUT2D eigenvalue weighted by Gasteiger charge is 1.77. The zero-order valence-electron chi connectivity index (χ0n) is 4.93. The molecule has 0 aromatic carbocycles. The summed E-state index contributed by atoms with van der Waals surface area (Å²) in [5, 5.41) is 0. The van der Waals surface area contributed by atoms with Crippen molar-refractivity contribution in [2.75, 3.05) is 0 Å². The van der Waals surface area contributed by atoms with Crippen LogP contribution < -0.4 is 0 Å². The molecule has 1 rings (SSSR count). The summed E-state index contributed by atoms with van der Waals surface area (Å²) in [6, 6.07) is 0. The first-order valence-corrected chi connectivity index (χ1v) is 3.04. The van der Waals surface area contributed by atoms with Gasteiger partial charge in [-0.25, -0.2) is 0 Å². The third-order valence-corrected chi connectivity index (χ3v) is 1.13. The molecular formula is C8H10. The number of allylic oxidation sites excluding steroid dienone is 3. The van der Waals surface area contributed by atoms with Gasteiger partial charge in [-0.3, -0.25) is 0 Å². The fourth-order valence-electron chi connectivity index (χ4n) is 0.696. The molecule has 0 unspecified atom stereocenters. The number of rotatable bonds is 0. The van der Waals surface area contributed by atoms with Crippen LogP contribution in [0.2, 0.25) is 0 Å². The van der Waals surface area contributed by atoms with E-state index < -0.39 is 0 Å². The predicted octanol–water partition coefficient (Wildman–Crippen LogP) is 2.44. The van der Waals surface area contributed by atoms with Gasteiger partial charge in [0.25, 0.3) is 0 Å². The molecule has 0 amide bonds. The molecule has 0 heteroatoms. The highest BCUT2D eigenvalue weighted by molar-refractivity contribution is 4.97. The van der Waals surface area contributed by atoms with Crippen LogP contribution in [0.15, 0.2) is 30.0 Å². The average Bonchev–Trinajstić information content (AvgIpc) is 1.62. The van der Waals surface area contributed by atoms with Crippen LogP contribution in [-0.4, -0.2) is 0 Å². The maximum absolute atomic E-state index is 3.09. The molecule has 0 spiro atoms. The summed E-state index contributed by atoms with van der Waals surface area (Å²) in [6.07, 6.45) is 11.9. The minimum atomic E-state index is 1.05. The van der Waals surface area contributed by atoms with Gasteiger partial charge in [0.15, 0.2) is 0 Å². The van der Waals surface area contributed by atoms with Crippen LogP contribution in [-0.2, 0) is 0 Å². The standard InChI is InChI=1S/C8H10/c1-2-4-6-8-7-5-3-1/h1-2,5,8H,3-4,6H2. The average molecular weight is 106 g/mol. The smallest absolute Gasteiger partial charge is 0.00930 e. The highest BCUT2D eigenvalue weighted by atomic mass is 13.8. The molecule has 0 saturated carbocycles.